The van der Waals surface area contributed by atoms with Crippen LogP contribution in [0.15, 0.2) is 4.52 Å². The van der Waals surface area contributed by atoms with Gasteiger partial charge in [-0.15, -0.1) is 0 Å². The van der Waals surface area contributed by atoms with E-state index in [4.69, 9.17) is 4.52 Å². The van der Waals surface area contributed by atoms with Crippen LogP contribution in [-0.2, 0) is 11.2 Å². The SMILES string of the molecule is O=CCc1nc(C2CCCNC2)no1. The van der Waals surface area contributed by atoms with E-state index in [1.165, 1.54) is 0 Å². The van der Waals surface area contributed by atoms with Crippen LogP contribution >= 0.6 is 0 Å². The highest BCUT2D eigenvalue weighted by atomic mass is 16.5. The summed E-state index contributed by atoms with van der Waals surface area (Å²) in [6, 6.07) is 0. The van der Waals surface area contributed by atoms with Gasteiger partial charge in [0.05, 0.1) is 6.42 Å². The van der Waals surface area contributed by atoms with Crippen molar-refractivity contribution >= 4 is 6.29 Å². The molecule has 2 rings (SSSR count). The fourth-order valence-corrected chi connectivity index (χ4v) is 1.66. The summed E-state index contributed by atoms with van der Waals surface area (Å²) in [5, 5.41) is 7.16. The van der Waals surface area contributed by atoms with E-state index in [1.807, 2.05) is 0 Å². The highest BCUT2D eigenvalue weighted by Gasteiger charge is 2.20. The number of carbonyl (C=O) groups excluding carboxylic acids is 1. The van der Waals surface area contributed by atoms with Crippen molar-refractivity contribution in [1.29, 1.82) is 0 Å². The van der Waals surface area contributed by atoms with E-state index in [9.17, 15) is 4.79 Å². The van der Waals surface area contributed by atoms with Gasteiger partial charge in [-0.05, 0) is 19.4 Å². The predicted octanol–water partition coefficient (Wildman–Crippen LogP) is 0.278. The third-order valence-electron chi connectivity index (χ3n) is 2.40. The Labute approximate surface area is 81.9 Å². The molecule has 1 aliphatic rings. The summed E-state index contributed by atoms with van der Waals surface area (Å²) in [4.78, 5) is 14.4. The predicted molar refractivity (Wildman–Crippen MR) is 48.9 cm³/mol. The zero-order valence-electron chi connectivity index (χ0n) is 7.90. The van der Waals surface area contributed by atoms with Gasteiger partial charge in [0.15, 0.2) is 5.82 Å². The number of hydrogen-bond acceptors (Lipinski definition) is 5. The normalized spacial score (nSPS) is 22.1. The summed E-state index contributed by atoms with van der Waals surface area (Å²) in [6.45, 7) is 1.97. The first-order valence-electron chi connectivity index (χ1n) is 4.87. The summed E-state index contributed by atoms with van der Waals surface area (Å²) in [7, 11) is 0. The molecule has 1 aromatic rings. The fraction of sp³-hybridized carbons (Fsp3) is 0.667. The first-order chi connectivity index (χ1) is 6.90. The van der Waals surface area contributed by atoms with Crippen LogP contribution in [0.5, 0.6) is 0 Å². The van der Waals surface area contributed by atoms with Crippen LogP contribution in [0.1, 0.15) is 30.5 Å². The van der Waals surface area contributed by atoms with Gasteiger partial charge < -0.3 is 14.6 Å². The minimum Gasteiger partial charge on any atom is -0.339 e. The van der Waals surface area contributed by atoms with Crippen LogP contribution in [-0.4, -0.2) is 29.5 Å². The second-order valence-corrected chi connectivity index (χ2v) is 3.46. The Morgan fingerprint density at radius 2 is 2.57 bits per heavy atom. The zero-order chi connectivity index (χ0) is 9.80. The van der Waals surface area contributed by atoms with Gasteiger partial charge >= 0.3 is 0 Å². The Balaban J connectivity index is 2.03. The van der Waals surface area contributed by atoms with Gasteiger partial charge in [0.1, 0.15) is 6.29 Å². The number of carbonyl (C=O) groups is 1. The molecule has 0 aromatic carbocycles. The molecule has 14 heavy (non-hydrogen) atoms. The monoisotopic (exact) mass is 195 g/mol. The van der Waals surface area contributed by atoms with Crippen molar-refractivity contribution in [2.45, 2.75) is 25.2 Å². The maximum atomic E-state index is 10.2. The molecule has 0 bridgehead atoms. The standard InChI is InChI=1S/C9H13N3O2/c13-5-3-8-11-9(12-14-8)7-2-1-4-10-6-7/h5,7,10H,1-4,6H2. The van der Waals surface area contributed by atoms with Crippen molar-refractivity contribution < 1.29 is 9.32 Å². The molecule has 0 spiro atoms. The van der Waals surface area contributed by atoms with E-state index in [0.717, 1.165) is 38.0 Å². The highest BCUT2D eigenvalue weighted by Crippen LogP contribution is 2.20. The number of hydrogen-bond donors (Lipinski definition) is 1. The Hall–Kier alpha value is -1.23. The van der Waals surface area contributed by atoms with Crippen LogP contribution in [0.3, 0.4) is 0 Å². The molecule has 76 valence electrons. The lowest BCUT2D eigenvalue weighted by Gasteiger charge is -2.19. The third-order valence-corrected chi connectivity index (χ3v) is 2.40. The van der Waals surface area contributed by atoms with Gasteiger partial charge in [0.25, 0.3) is 0 Å². The van der Waals surface area contributed by atoms with Gasteiger partial charge in [-0.2, -0.15) is 4.98 Å². The molecule has 0 amide bonds. The Morgan fingerprint density at radius 3 is 3.29 bits per heavy atom. The molecular weight excluding hydrogens is 182 g/mol. The molecule has 1 unspecified atom stereocenters. The van der Waals surface area contributed by atoms with E-state index >= 15 is 0 Å². The number of nitrogens with one attached hydrogen (secondary N) is 1. The zero-order valence-corrected chi connectivity index (χ0v) is 7.90. The van der Waals surface area contributed by atoms with Crippen LogP contribution in [0.4, 0.5) is 0 Å². The van der Waals surface area contributed by atoms with Crippen LogP contribution < -0.4 is 5.32 Å². The lowest BCUT2D eigenvalue weighted by Crippen LogP contribution is -2.28. The second-order valence-electron chi connectivity index (χ2n) is 3.46. The average molecular weight is 195 g/mol. The van der Waals surface area contributed by atoms with Crippen molar-refractivity contribution in [1.82, 2.24) is 15.5 Å². The quantitative estimate of drug-likeness (QED) is 0.701. The minimum atomic E-state index is 0.215. The Bertz CT molecular complexity index is 305. The van der Waals surface area contributed by atoms with Crippen molar-refractivity contribution in [3.05, 3.63) is 11.7 Å². The van der Waals surface area contributed by atoms with Crippen LogP contribution in [0.2, 0.25) is 0 Å². The number of rotatable bonds is 3. The maximum Gasteiger partial charge on any atom is 0.233 e. The lowest BCUT2D eigenvalue weighted by atomic mass is 9.99. The Kier molecular flexibility index (Phi) is 2.88. The van der Waals surface area contributed by atoms with E-state index in [1.54, 1.807) is 0 Å². The topological polar surface area (TPSA) is 68.0 Å². The summed E-state index contributed by atoms with van der Waals surface area (Å²) >= 11 is 0. The van der Waals surface area contributed by atoms with E-state index in [-0.39, 0.29) is 6.42 Å². The lowest BCUT2D eigenvalue weighted by molar-refractivity contribution is -0.107. The Morgan fingerprint density at radius 1 is 1.64 bits per heavy atom. The van der Waals surface area contributed by atoms with Gasteiger partial charge in [-0.25, -0.2) is 0 Å². The van der Waals surface area contributed by atoms with Crippen LogP contribution in [0.25, 0.3) is 0 Å². The summed E-state index contributed by atoms with van der Waals surface area (Å²) in [6.07, 6.45) is 3.22. The molecule has 0 aliphatic carbocycles. The smallest absolute Gasteiger partial charge is 0.233 e. The first-order valence-corrected chi connectivity index (χ1v) is 4.87. The van der Waals surface area contributed by atoms with E-state index in [2.05, 4.69) is 15.5 Å². The molecule has 1 atom stereocenters. The van der Waals surface area contributed by atoms with Crippen molar-refractivity contribution in [2.75, 3.05) is 13.1 Å². The fourth-order valence-electron chi connectivity index (χ4n) is 1.66. The van der Waals surface area contributed by atoms with Gasteiger partial charge in [-0.3, -0.25) is 0 Å². The molecule has 2 heterocycles. The minimum absolute atomic E-state index is 0.215. The molecule has 1 fully saturated rings. The van der Waals surface area contributed by atoms with E-state index in [0.29, 0.717) is 11.8 Å². The molecule has 1 saturated heterocycles. The number of nitrogens with zero attached hydrogens (tertiary/aromatic N) is 2. The largest absolute Gasteiger partial charge is 0.339 e. The number of aromatic nitrogens is 2. The number of piperidine rings is 1. The van der Waals surface area contributed by atoms with Gasteiger partial charge in [0.2, 0.25) is 5.89 Å². The molecule has 0 saturated carbocycles. The average Bonchev–Trinajstić information content (AvgIpc) is 2.68. The van der Waals surface area contributed by atoms with Crippen LogP contribution in [0, 0.1) is 0 Å². The number of aldehydes is 1. The molecule has 5 nitrogen and oxygen atoms in total. The highest BCUT2D eigenvalue weighted by molar-refractivity contribution is 5.52. The van der Waals surface area contributed by atoms with Gasteiger partial charge in [0, 0.05) is 12.5 Å². The third kappa shape index (κ3) is 1.98. The van der Waals surface area contributed by atoms with Crippen molar-refractivity contribution in [3.8, 4) is 0 Å². The van der Waals surface area contributed by atoms with Crippen molar-refractivity contribution in [3.63, 3.8) is 0 Å². The molecule has 5 heteroatoms. The molecule has 0 radical (unpaired) electrons. The molecule has 1 aromatic heterocycles. The second kappa shape index (κ2) is 4.32. The van der Waals surface area contributed by atoms with Crippen molar-refractivity contribution in [2.24, 2.45) is 0 Å². The maximum absolute atomic E-state index is 10.2. The van der Waals surface area contributed by atoms with Gasteiger partial charge in [-0.1, -0.05) is 5.16 Å². The summed E-state index contributed by atoms with van der Waals surface area (Å²) < 4.78 is 4.94. The molecule has 1 aliphatic heterocycles. The summed E-state index contributed by atoms with van der Waals surface area (Å²) in [5.41, 5.74) is 0. The molecular formula is C9H13N3O2. The summed E-state index contributed by atoms with van der Waals surface area (Å²) in [5.74, 6) is 1.49. The molecule has 1 N–H and O–H groups in total. The first kappa shape index (κ1) is 9.33. The van der Waals surface area contributed by atoms with E-state index < -0.39 is 0 Å².